The molecule has 78 valence electrons. The van der Waals surface area contributed by atoms with E-state index in [1.54, 1.807) is 23.5 Å². The predicted molar refractivity (Wildman–Crippen MR) is 62.0 cm³/mol. The monoisotopic (exact) mass is 221 g/mol. The Morgan fingerprint density at radius 2 is 2.33 bits per heavy atom. The van der Waals surface area contributed by atoms with E-state index in [4.69, 9.17) is 0 Å². The first-order chi connectivity index (χ1) is 7.34. The van der Waals surface area contributed by atoms with Gasteiger partial charge in [0.2, 0.25) is 0 Å². The summed E-state index contributed by atoms with van der Waals surface area (Å²) in [7, 11) is 0. The molecule has 0 spiro atoms. The van der Waals surface area contributed by atoms with Crippen molar-refractivity contribution in [2.75, 3.05) is 13.1 Å². The van der Waals surface area contributed by atoms with E-state index in [1.807, 2.05) is 6.07 Å². The predicted octanol–water partition coefficient (Wildman–Crippen LogP) is 3.12. The molecular weight excluding hydrogens is 209 g/mol. The maximum atomic E-state index is 13.0. The van der Waals surface area contributed by atoms with Crippen LogP contribution in [0.2, 0.25) is 0 Å². The summed E-state index contributed by atoms with van der Waals surface area (Å²) in [5.74, 6) is 0.477. The SMILES string of the molecule is Fc1ccc2c([C@H]3CCNC3)csc2c1. The van der Waals surface area contributed by atoms with Crippen molar-refractivity contribution in [2.45, 2.75) is 12.3 Å². The molecule has 1 atom stereocenters. The van der Waals surface area contributed by atoms with Gasteiger partial charge >= 0.3 is 0 Å². The lowest BCUT2D eigenvalue weighted by Crippen LogP contribution is -2.07. The lowest BCUT2D eigenvalue weighted by atomic mass is 9.98. The highest BCUT2D eigenvalue weighted by Crippen LogP contribution is 2.34. The Kier molecular flexibility index (Phi) is 2.22. The van der Waals surface area contributed by atoms with Gasteiger partial charge in [0.25, 0.3) is 0 Å². The minimum absolute atomic E-state index is 0.138. The third kappa shape index (κ3) is 1.56. The lowest BCUT2D eigenvalue weighted by molar-refractivity contribution is 0.630. The van der Waals surface area contributed by atoms with Crippen molar-refractivity contribution in [3.05, 3.63) is 35.0 Å². The van der Waals surface area contributed by atoms with E-state index in [2.05, 4.69) is 10.7 Å². The number of rotatable bonds is 1. The van der Waals surface area contributed by atoms with Gasteiger partial charge in [-0.05, 0) is 47.3 Å². The molecule has 15 heavy (non-hydrogen) atoms. The zero-order valence-corrected chi connectivity index (χ0v) is 9.11. The fourth-order valence-electron chi connectivity index (χ4n) is 2.26. The van der Waals surface area contributed by atoms with Crippen LogP contribution in [-0.4, -0.2) is 13.1 Å². The topological polar surface area (TPSA) is 12.0 Å². The highest BCUT2D eigenvalue weighted by atomic mass is 32.1. The van der Waals surface area contributed by atoms with E-state index < -0.39 is 0 Å². The Hall–Kier alpha value is -0.930. The molecule has 1 fully saturated rings. The summed E-state index contributed by atoms with van der Waals surface area (Å²) in [6, 6.07) is 5.10. The van der Waals surface area contributed by atoms with Gasteiger partial charge in [0, 0.05) is 11.2 Å². The molecule has 1 aromatic heterocycles. The molecule has 1 aliphatic rings. The first kappa shape index (κ1) is 9.31. The van der Waals surface area contributed by atoms with E-state index in [0.29, 0.717) is 5.92 Å². The first-order valence-corrected chi connectivity index (χ1v) is 6.10. The van der Waals surface area contributed by atoms with E-state index in [0.717, 1.165) is 17.8 Å². The highest BCUT2D eigenvalue weighted by Gasteiger charge is 2.19. The number of hydrogen-bond acceptors (Lipinski definition) is 2. The third-order valence-corrected chi connectivity index (χ3v) is 4.03. The van der Waals surface area contributed by atoms with Crippen molar-refractivity contribution in [1.29, 1.82) is 0 Å². The molecular formula is C12H12FNS. The van der Waals surface area contributed by atoms with Crippen LogP contribution >= 0.6 is 11.3 Å². The van der Waals surface area contributed by atoms with Crippen molar-refractivity contribution in [3.8, 4) is 0 Å². The fourth-order valence-corrected chi connectivity index (χ4v) is 3.33. The summed E-state index contributed by atoms with van der Waals surface area (Å²) in [6.07, 6.45) is 1.20. The molecule has 3 rings (SSSR count). The molecule has 1 aliphatic heterocycles. The largest absolute Gasteiger partial charge is 0.316 e. The van der Waals surface area contributed by atoms with Gasteiger partial charge in [-0.15, -0.1) is 11.3 Å². The van der Waals surface area contributed by atoms with Crippen LogP contribution in [0.1, 0.15) is 17.9 Å². The molecule has 2 heterocycles. The molecule has 0 saturated carbocycles. The molecule has 0 amide bonds. The van der Waals surface area contributed by atoms with E-state index in [1.165, 1.54) is 17.4 Å². The maximum absolute atomic E-state index is 13.0. The second kappa shape index (κ2) is 3.58. The van der Waals surface area contributed by atoms with Gasteiger partial charge in [-0.3, -0.25) is 0 Å². The summed E-state index contributed by atoms with van der Waals surface area (Å²) < 4.78 is 14.1. The number of halogens is 1. The molecule has 0 bridgehead atoms. The van der Waals surface area contributed by atoms with Crippen LogP contribution in [0.15, 0.2) is 23.6 Å². The van der Waals surface area contributed by atoms with Crippen molar-refractivity contribution in [3.63, 3.8) is 0 Å². The molecule has 1 saturated heterocycles. The average molecular weight is 221 g/mol. The van der Waals surface area contributed by atoms with Crippen LogP contribution < -0.4 is 5.32 Å². The van der Waals surface area contributed by atoms with Crippen molar-refractivity contribution in [1.82, 2.24) is 5.32 Å². The quantitative estimate of drug-likeness (QED) is 0.780. The average Bonchev–Trinajstić information content (AvgIpc) is 2.82. The summed E-state index contributed by atoms with van der Waals surface area (Å²) in [6.45, 7) is 2.16. The Bertz CT molecular complexity index is 485. The zero-order valence-electron chi connectivity index (χ0n) is 8.29. The third-order valence-electron chi connectivity index (χ3n) is 3.07. The standard InChI is InChI=1S/C12H12FNS/c13-9-1-2-10-11(7-15-12(10)5-9)8-3-4-14-6-8/h1-2,5,7-8,14H,3-4,6H2/t8-/m0/s1. The zero-order chi connectivity index (χ0) is 10.3. The molecule has 1 aromatic carbocycles. The van der Waals surface area contributed by atoms with Gasteiger partial charge in [-0.2, -0.15) is 0 Å². The van der Waals surface area contributed by atoms with Crippen molar-refractivity contribution in [2.24, 2.45) is 0 Å². The lowest BCUT2D eigenvalue weighted by Gasteiger charge is -2.06. The molecule has 1 N–H and O–H groups in total. The fraction of sp³-hybridized carbons (Fsp3) is 0.333. The van der Waals surface area contributed by atoms with Gasteiger partial charge in [0.05, 0.1) is 0 Å². The van der Waals surface area contributed by atoms with Crippen LogP contribution in [0.4, 0.5) is 4.39 Å². The van der Waals surface area contributed by atoms with Crippen LogP contribution in [0.3, 0.4) is 0 Å². The first-order valence-electron chi connectivity index (χ1n) is 5.22. The number of hydrogen-bond donors (Lipinski definition) is 1. The Balaban J connectivity index is 2.11. The van der Waals surface area contributed by atoms with Gasteiger partial charge in [0.1, 0.15) is 5.82 Å². The molecule has 1 nitrogen and oxygen atoms in total. The van der Waals surface area contributed by atoms with Crippen molar-refractivity contribution >= 4 is 21.4 Å². The molecule has 2 aromatic rings. The van der Waals surface area contributed by atoms with Crippen LogP contribution in [0.5, 0.6) is 0 Å². The van der Waals surface area contributed by atoms with E-state index >= 15 is 0 Å². The second-order valence-electron chi connectivity index (χ2n) is 4.02. The number of thiophene rings is 1. The number of nitrogens with one attached hydrogen (secondary N) is 1. The van der Waals surface area contributed by atoms with Crippen LogP contribution in [0.25, 0.3) is 10.1 Å². The van der Waals surface area contributed by atoms with Crippen LogP contribution in [-0.2, 0) is 0 Å². The highest BCUT2D eigenvalue weighted by molar-refractivity contribution is 7.17. The summed E-state index contributed by atoms with van der Waals surface area (Å²) in [5, 5.41) is 6.78. The van der Waals surface area contributed by atoms with Crippen LogP contribution in [0, 0.1) is 5.82 Å². The summed E-state index contributed by atoms with van der Waals surface area (Å²) in [5.41, 5.74) is 1.39. The van der Waals surface area contributed by atoms with Crippen molar-refractivity contribution < 1.29 is 4.39 Å². The second-order valence-corrected chi connectivity index (χ2v) is 4.93. The smallest absolute Gasteiger partial charge is 0.124 e. The molecule has 0 unspecified atom stereocenters. The minimum Gasteiger partial charge on any atom is -0.316 e. The van der Waals surface area contributed by atoms with Gasteiger partial charge in [-0.25, -0.2) is 4.39 Å². The van der Waals surface area contributed by atoms with Gasteiger partial charge < -0.3 is 5.32 Å². The molecule has 0 radical (unpaired) electrons. The summed E-state index contributed by atoms with van der Waals surface area (Å²) in [4.78, 5) is 0. The van der Waals surface area contributed by atoms with Gasteiger partial charge in [-0.1, -0.05) is 6.07 Å². The molecule has 3 heteroatoms. The van der Waals surface area contributed by atoms with E-state index in [9.17, 15) is 4.39 Å². The maximum Gasteiger partial charge on any atom is 0.124 e. The number of benzene rings is 1. The molecule has 0 aliphatic carbocycles. The summed E-state index contributed by atoms with van der Waals surface area (Å²) >= 11 is 1.65. The Morgan fingerprint density at radius 1 is 1.40 bits per heavy atom. The van der Waals surface area contributed by atoms with Gasteiger partial charge in [0.15, 0.2) is 0 Å². The number of fused-ring (bicyclic) bond motifs is 1. The Morgan fingerprint density at radius 3 is 3.13 bits per heavy atom. The normalized spacial score (nSPS) is 21.3. The Labute approximate surface area is 91.9 Å². The van der Waals surface area contributed by atoms with E-state index in [-0.39, 0.29) is 5.82 Å². The minimum atomic E-state index is -0.138.